The second-order valence-electron chi connectivity index (χ2n) is 4.56. The minimum Gasteiger partial charge on any atom is -0.352 e. The molecule has 3 amide bonds. The summed E-state index contributed by atoms with van der Waals surface area (Å²) < 4.78 is 0. The highest BCUT2D eigenvalue weighted by Crippen LogP contribution is 2.15. The summed E-state index contributed by atoms with van der Waals surface area (Å²) in [5, 5.41) is 5.40. The third-order valence-electron chi connectivity index (χ3n) is 2.91. The second kappa shape index (κ2) is 7.12. The van der Waals surface area contributed by atoms with Crippen LogP contribution in [0, 0.1) is 0 Å². The molecule has 1 aliphatic rings. The van der Waals surface area contributed by atoms with E-state index in [0.29, 0.717) is 29.4 Å². The zero-order valence-corrected chi connectivity index (χ0v) is 12.5. The molecule has 21 heavy (non-hydrogen) atoms. The first kappa shape index (κ1) is 15.4. The Morgan fingerprint density at radius 1 is 1.38 bits per heavy atom. The van der Waals surface area contributed by atoms with E-state index in [1.54, 1.807) is 24.3 Å². The van der Waals surface area contributed by atoms with Gasteiger partial charge in [0.2, 0.25) is 11.8 Å². The SMILES string of the molecule is CCNC(=O)c1cccc(NC(=O)CN2CSCC2=O)c1. The van der Waals surface area contributed by atoms with Crippen LogP contribution in [0.25, 0.3) is 0 Å². The fourth-order valence-corrected chi connectivity index (χ4v) is 2.82. The van der Waals surface area contributed by atoms with Crippen LogP contribution >= 0.6 is 11.8 Å². The van der Waals surface area contributed by atoms with Crippen molar-refractivity contribution >= 4 is 35.2 Å². The summed E-state index contributed by atoms with van der Waals surface area (Å²) in [6.45, 7) is 2.43. The summed E-state index contributed by atoms with van der Waals surface area (Å²) in [5.41, 5.74) is 1.03. The first-order valence-corrected chi connectivity index (χ1v) is 7.79. The number of nitrogens with zero attached hydrogens (tertiary/aromatic N) is 1. The minimum absolute atomic E-state index is 0.0220. The topological polar surface area (TPSA) is 78.5 Å². The Bertz CT molecular complexity index is 562. The van der Waals surface area contributed by atoms with Crippen molar-refractivity contribution in [2.24, 2.45) is 0 Å². The zero-order chi connectivity index (χ0) is 15.2. The lowest BCUT2D eigenvalue weighted by Gasteiger charge is -2.14. The number of rotatable bonds is 5. The van der Waals surface area contributed by atoms with Crippen molar-refractivity contribution in [2.45, 2.75) is 6.92 Å². The van der Waals surface area contributed by atoms with E-state index in [0.717, 1.165) is 0 Å². The number of carbonyl (C=O) groups excluding carboxylic acids is 3. The predicted octanol–water partition coefficient (Wildman–Crippen LogP) is 0.908. The highest BCUT2D eigenvalue weighted by molar-refractivity contribution is 8.00. The molecule has 2 N–H and O–H groups in total. The van der Waals surface area contributed by atoms with Gasteiger partial charge in [0, 0.05) is 17.8 Å². The van der Waals surface area contributed by atoms with Gasteiger partial charge in [0.15, 0.2) is 0 Å². The van der Waals surface area contributed by atoms with E-state index >= 15 is 0 Å². The number of anilines is 1. The first-order chi connectivity index (χ1) is 10.1. The van der Waals surface area contributed by atoms with Gasteiger partial charge in [0.05, 0.1) is 11.6 Å². The molecule has 1 heterocycles. The summed E-state index contributed by atoms with van der Waals surface area (Å²) in [4.78, 5) is 36.6. The number of hydrogen-bond acceptors (Lipinski definition) is 4. The van der Waals surface area contributed by atoms with Crippen LogP contribution in [0.15, 0.2) is 24.3 Å². The van der Waals surface area contributed by atoms with Crippen LogP contribution < -0.4 is 10.6 Å². The lowest BCUT2D eigenvalue weighted by molar-refractivity contribution is -0.130. The third kappa shape index (κ3) is 4.22. The number of carbonyl (C=O) groups is 3. The molecule has 2 rings (SSSR count). The second-order valence-corrected chi connectivity index (χ2v) is 5.51. The maximum absolute atomic E-state index is 11.9. The van der Waals surface area contributed by atoms with Gasteiger partial charge in [-0.1, -0.05) is 6.07 Å². The quantitative estimate of drug-likeness (QED) is 0.847. The highest BCUT2D eigenvalue weighted by Gasteiger charge is 2.22. The number of hydrogen-bond donors (Lipinski definition) is 2. The van der Waals surface area contributed by atoms with Crippen LogP contribution in [0.1, 0.15) is 17.3 Å². The summed E-state index contributed by atoms with van der Waals surface area (Å²) in [6, 6.07) is 6.71. The molecule has 1 aromatic rings. The molecule has 7 heteroatoms. The fourth-order valence-electron chi connectivity index (χ4n) is 1.91. The number of nitrogens with one attached hydrogen (secondary N) is 2. The number of thioether (sulfide) groups is 1. The van der Waals surface area contributed by atoms with Crippen molar-refractivity contribution in [3.05, 3.63) is 29.8 Å². The molecular weight excluding hydrogens is 290 g/mol. The van der Waals surface area contributed by atoms with Crippen LogP contribution in [0.3, 0.4) is 0 Å². The molecule has 1 aliphatic heterocycles. The standard InChI is InChI=1S/C14H17N3O3S/c1-2-15-14(20)10-4-3-5-11(6-10)16-12(18)7-17-9-21-8-13(17)19/h3-6H,2,7-9H2,1H3,(H,15,20)(H,16,18). The van der Waals surface area contributed by atoms with Gasteiger partial charge in [-0.15, -0.1) is 11.8 Å². The Hall–Kier alpha value is -2.02. The summed E-state index contributed by atoms with van der Waals surface area (Å²) in [5.74, 6) is 0.510. The average Bonchev–Trinajstić information content (AvgIpc) is 2.84. The van der Waals surface area contributed by atoms with Gasteiger partial charge in [-0.25, -0.2) is 0 Å². The maximum Gasteiger partial charge on any atom is 0.251 e. The van der Waals surface area contributed by atoms with Gasteiger partial charge in [0.25, 0.3) is 5.91 Å². The largest absolute Gasteiger partial charge is 0.352 e. The molecule has 6 nitrogen and oxygen atoms in total. The minimum atomic E-state index is -0.265. The molecule has 112 valence electrons. The molecule has 0 atom stereocenters. The molecule has 0 spiro atoms. The predicted molar refractivity (Wildman–Crippen MR) is 82.1 cm³/mol. The number of amides is 3. The third-order valence-corrected chi connectivity index (χ3v) is 3.85. The number of benzene rings is 1. The molecular formula is C14H17N3O3S. The van der Waals surface area contributed by atoms with Gasteiger partial charge in [0.1, 0.15) is 6.54 Å². The smallest absolute Gasteiger partial charge is 0.251 e. The zero-order valence-electron chi connectivity index (χ0n) is 11.7. The van der Waals surface area contributed by atoms with Gasteiger partial charge in [-0.3, -0.25) is 14.4 Å². The lowest BCUT2D eigenvalue weighted by Crippen LogP contribution is -2.34. The van der Waals surface area contributed by atoms with Crippen molar-refractivity contribution in [3.8, 4) is 0 Å². The summed E-state index contributed by atoms with van der Waals surface area (Å²) in [7, 11) is 0. The van der Waals surface area contributed by atoms with Crippen molar-refractivity contribution in [1.82, 2.24) is 10.2 Å². The Morgan fingerprint density at radius 2 is 2.19 bits per heavy atom. The monoisotopic (exact) mass is 307 g/mol. The van der Waals surface area contributed by atoms with Crippen molar-refractivity contribution in [2.75, 3.05) is 30.0 Å². The van der Waals surface area contributed by atoms with Crippen molar-refractivity contribution in [1.29, 1.82) is 0 Å². The van der Waals surface area contributed by atoms with Crippen molar-refractivity contribution < 1.29 is 14.4 Å². The first-order valence-electron chi connectivity index (χ1n) is 6.63. The van der Waals surface area contributed by atoms with Crippen LogP contribution in [0.5, 0.6) is 0 Å². The Kier molecular flexibility index (Phi) is 5.21. The van der Waals surface area contributed by atoms with Crippen LogP contribution in [-0.4, -0.2) is 47.3 Å². The highest BCUT2D eigenvalue weighted by atomic mass is 32.2. The van der Waals surface area contributed by atoms with Crippen LogP contribution in [-0.2, 0) is 9.59 Å². The molecule has 0 saturated carbocycles. The van der Waals surface area contributed by atoms with E-state index < -0.39 is 0 Å². The van der Waals surface area contributed by atoms with Crippen LogP contribution in [0.2, 0.25) is 0 Å². The van der Waals surface area contributed by atoms with E-state index in [1.807, 2.05) is 6.92 Å². The van der Waals surface area contributed by atoms with E-state index in [9.17, 15) is 14.4 Å². The normalized spacial score (nSPS) is 14.1. The van der Waals surface area contributed by atoms with Gasteiger partial charge in [-0.05, 0) is 25.1 Å². The molecule has 1 aromatic carbocycles. The molecule has 1 fully saturated rings. The van der Waals surface area contributed by atoms with E-state index in [4.69, 9.17) is 0 Å². The summed E-state index contributed by atoms with van der Waals surface area (Å²) in [6.07, 6.45) is 0. The summed E-state index contributed by atoms with van der Waals surface area (Å²) >= 11 is 1.49. The molecule has 0 aliphatic carbocycles. The molecule has 0 radical (unpaired) electrons. The average molecular weight is 307 g/mol. The van der Waals surface area contributed by atoms with Gasteiger partial charge >= 0.3 is 0 Å². The molecule has 1 saturated heterocycles. The molecule has 0 bridgehead atoms. The van der Waals surface area contributed by atoms with E-state index in [2.05, 4.69) is 10.6 Å². The van der Waals surface area contributed by atoms with E-state index in [-0.39, 0.29) is 24.3 Å². The van der Waals surface area contributed by atoms with Gasteiger partial charge < -0.3 is 15.5 Å². The maximum atomic E-state index is 11.9. The Morgan fingerprint density at radius 3 is 2.86 bits per heavy atom. The Labute approximate surface area is 127 Å². The molecule has 0 aromatic heterocycles. The fraction of sp³-hybridized carbons (Fsp3) is 0.357. The Balaban J connectivity index is 1.96. The lowest BCUT2D eigenvalue weighted by atomic mass is 10.2. The van der Waals surface area contributed by atoms with E-state index in [1.165, 1.54) is 16.7 Å². The van der Waals surface area contributed by atoms with Crippen LogP contribution in [0.4, 0.5) is 5.69 Å². The molecule has 0 unspecified atom stereocenters. The van der Waals surface area contributed by atoms with Crippen molar-refractivity contribution in [3.63, 3.8) is 0 Å². The van der Waals surface area contributed by atoms with Gasteiger partial charge in [-0.2, -0.15) is 0 Å².